The zero-order valence-corrected chi connectivity index (χ0v) is 12.1. The van der Waals surface area contributed by atoms with Crippen LogP contribution in [0.3, 0.4) is 0 Å². The lowest BCUT2D eigenvalue weighted by Crippen LogP contribution is -2.33. The highest BCUT2D eigenvalue weighted by Gasteiger charge is 2.21. The van der Waals surface area contributed by atoms with E-state index in [4.69, 9.17) is 5.11 Å². The van der Waals surface area contributed by atoms with Crippen molar-refractivity contribution in [2.75, 3.05) is 6.54 Å². The molecule has 2 rings (SSSR count). The summed E-state index contributed by atoms with van der Waals surface area (Å²) in [5, 5.41) is 16.0. The second-order valence-electron chi connectivity index (χ2n) is 5.46. The van der Waals surface area contributed by atoms with Gasteiger partial charge < -0.3 is 10.4 Å². The van der Waals surface area contributed by atoms with E-state index in [0.717, 1.165) is 0 Å². The molecular weight excluding hydrogens is 270 g/mol. The fraction of sp³-hybridized carbons (Fsp3) is 0.400. The Hall–Kier alpha value is -2.37. The average Bonchev–Trinajstić information content (AvgIpc) is 2.86. The molecule has 0 radical (unpaired) electrons. The van der Waals surface area contributed by atoms with Crippen molar-refractivity contribution in [3.05, 3.63) is 36.2 Å². The predicted molar refractivity (Wildman–Crippen MR) is 78.1 cm³/mol. The quantitative estimate of drug-likeness (QED) is 0.849. The maximum Gasteiger partial charge on any atom is 0.308 e. The monoisotopic (exact) mass is 289 g/mol. The molecule has 0 aliphatic rings. The maximum atomic E-state index is 12.2. The molecular formula is C15H19N3O3. The second-order valence-corrected chi connectivity index (χ2v) is 5.46. The van der Waals surface area contributed by atoms with Crippen molar-refractivity contribution in [3.8, 4) is 0 Å². The molecule has 2 N–H and O–H groups in total. The van der Waals surface area contributed by atoms with Crippen LogP contribution in [-0.2, 0) is 4.79 Å². The molecule has 0 aliphatic carbocycles. The molecule has 2 aromatic rings. The summed E-state index contributed by atoms with van der Waals surface area (Å²) in [5.74, 6) is -1.49. The Bertz CT molecular complexity index is 648. The number of fused-ring (bicyclic) bond motifs is 1. The van der Waals surface area contributed by atoms with Gasteiger partial charge in [0.2, 0.25) is 0 Å². The number of pyridine rings is 1. The molecule has 0 aliphatic heterocycles. The molecule has 112 valence electrons. The Morgan fingerprint density at radius 1 is 1.38 bits per heavy atom. The summed E-state index contributed by atoms with van der Waals surface area (Å²) in [6.45, 7) is 4.04. The smallest absolute Gasteiger partial charge is 0.308 e. The minimum atomic E-state index is -0.885. The van der Waals surface area contributed by atoms with E-state index in [9.17, 15) is 9.59 Å². The molecule has 21 heavy (non-hydrogen) atoms. The van der Waals surface area contributed by atoms with Crippen molar-refractivity contribution in [2.45, 2.75) is 20.3 Å². The SMILES string of the molecule is CC(C)CC(CNC(=O)c1cnn2ccccc12)C(=O)O. The van der Waals surface area contributed by atoms with Crippen LogP contribution in [0.2, 0.25) is 0 Å². The van der Waals surface area contributed by atoms with Gasteiger partial charge in [0.25, 0.3) is 5.91 Å². The Morgan fingerprint density at radius 3 is 2.81 bits per heavy atom. The van der Waals surface area contributed by atoms with Crippen LogP contribution in [0.25, 0.3) is 5.52 Å². The minimum absolute atomic E-state index is 0.122. The fourth-order valence-electron chi connectivity index (χ4n) is 2.26. The van der Waals surface area contributed by atoms with Gasteiger partial charge in [-0.25, -0.2) is 4.52 Å². The van der Waals surface area contributed by atoms with Crippen LogP contribution in [0.15, 0.2) is 30.6 Å². The van der Waals surface area contributed by atoms with Crippen LogP contribution >= 0.6 is 0 Å². The molecule has 0 fully saturated rings. The first-order valence-corrected chi connectivity index (χ1v) is 6.92. The number of carbonyl (C=O) groups is 2. The van der Waals surface area contributed by atoms with Crippen LogP contribution in [0.1, 0.15) is 30.6 Å². The summed E-state index contributed by atoms with van der Waals surface area (Å²) in [4.78, 5) is 23.4. The summed E-state index contributed by atoms with van der Waals surface area (Å²) in [6.07, 6.45) is 3.78. The van der Waals surface area contributed by atoms with E-state index in [-0.39, 0.29) is 18.4 Å². The van der Waals surface area contributed by atoms with Crippen molar-refractivity contribution in [1.82, 2.24) is 14.9 Å². The number of nitrogens with zero attached hydrogens (tertiary/aromatic N) is 2. The van der Waals surface area contributed by atoms with E-state index in [0.29, 0.717) is 17.5 Å². The summed E-state index contributed by atoms with van der Waals surface area (Å²) >= 11 is 0. The Balaban J connectivity index is 2.05. The van der Waals surface area contributed by atoms with Crippen molar-refractivity contribution in [3.63, 3.8) is 0 Å². The number of carboxylic acids is 1. The third kappa shape index (κ3) is 3.59. The van der Waals surface area contributed by atoms with Gasteiger partial charge in [-0.05, 0) is 24.5 Å². The number of amides is 1. The summed E-state index contributed by atoms with van der Waals surface area (Å²) in [7, 11) is 0. The Labute approximate surface area is 122 Å². The second kappa shape index (κ2) is 6.39. The van der Waals surface area contributed by atoms with Crippen LogP contribution in [0, 0.1) is 11.8 Å². The van der Waals surface area contributed by atoms with Gasteiger partial charge in [0.15, 0.2) is 0 Å². The molecule has 0 saturated carbocycles. The van der Waals surface area contributed by atoms with Gasteiger partial charge in [-0.15, -0.1) is 0 Å². The van der Waals surface area contributed by atoms with Gasteiger partial charge >= 0.3 is 5.97 Å². The lowest BCUT2D eigenvalue weighted by atomic mass is 9.97. The van der Waals surface area contributed by atoms with Crippen LogP contribution in [0.5, 0.6) is 0 Å². The summed E-state index contributed by atoms with van der Waals surface area (Å²) in [6, 6.07) is 5.45. The van der Waals surface area contributed by atoms with E-state index in [1.165, 1.54) is 6.20 Å². The number of hydrogen-bond donors (Lipinski definition) is 2. The largest absolute Gasteiger partial charge is 0.481 e. The normalized spacial score (nSPS) is 12.5. The van der Waals surface area contributed by atoms with Gasteiger partial charge in [-0.2, -0.15) is 5.10 Å². The number of carboxylic acid groups (broad SMARTS) is 1. The summed E-state index contributed by atoms with van der Waals surface area (Å²) < 4.78 is 1.61. The number of hydrogen-bond acceptors (Lipinski definition) is 3. The van der Waals surface area contributed by atoms with Gasteiger partial charge in [-0.1, -0.05) is 19.9 Å². The van der Waals surface area contributed by atoms with Crippen molar-refractivity contribution >= 4 is 17.4 Å². The topological polar surface area (TPSA) is 83.7 Å². The molecule has 6 nitrogen and oxygen atoms in total. The third-order valence-corrected chi connectivity index (χ3v) is 3.29. The van der Waals surface area contributed by atoms with Gasteiger partial charge in [0.1, 0.15) is 0 Å². The van der Waals surface area contributed by atoms with E-state index in [1.54, 1.807) is 16.8 Å². The van der Waals surface area contributed by atoms with Crippen LogP contribution in [0.4, 0.5) is 0 Å². The molecule has 0 bridgehead atoms. The molecule has 1 unspecified atom stereocenters. The van der Waals surface area contributed by atoms with Gasteiger partial charge in [0.05, 0.1) is 23.2 Å². The van der Waals surface area contributed by atoms with E-state index in [1.807, 2.05) is 26.0 Å². The number of aliphatic carboxylic acids is 1. The maximum absolute atomic E-state index is 12.2. The molecule has 0 saturated heterocycles. The molecule has 6 heteroatoms. The van der Waals surface area contributed by atoms with Crippen LogP contribution in [-0.4, -0.2) is 33.1 Å². The average molecular weight is 289 g/mol. The highest BCUT2D eigenvalue weighted by Crippen LogP contribution is 2.13. The number of aromatic nitrogens is 2. The zero-order valence-electron chi connectivity index (χ0n) is 12.1. The standard InChI is InChI=1S/C15H19N3O3/c1-10(2)7-11(15(20)21)8-16-14(19)12-9-17-18-6-4-3-5-13(12)18/h3-6,9-11H,7-8H2,1-2H3,(H,16,19)(H,20,21). The lowest BCUT2D eigenvalue weighted by Gasteiger charge is -2.15. The molecule has 1 amide bonds. The van der Waals surface area contributed by atoms with E-state index in [2.05, 4.69) is 10.4 Å². The van der Waals surface area contributed by atoms with Gasteiger partial charge in [-0.3, -0.25) is 9.59 Å². The van der Waals surface area contributed by atoms with Crippen molar-refractivity contribution in [2.24, 2.45) is 11.8 Å². The Kier molecular flexibility index (Phi) is 4.57. The zero-order chi connectivity index (χ0) is 15.4. The van der Waals surface area contributed by atoms with Crippen molar-refractivity contribution in [1.29, 1.82) is 0 Å². The first-order chi connectivity index (χ1) is 9.99. The third-order valence-electron chi connectivity index (χ3n) is 3.29. The van der Waals surface area contributed by atoms with E-state index >= 15 is 0 Å². The fourth-order valence-corrected chi connectivity index (χ4v) is 2.26. The predicted octanol–water partition coefficient (Wildman–Crippen LogP) is 1.81. The molecule has 2 aromatic heterocycles. The molecule has 0 aromatic carbocycles. The van der Waals surface area contributed by atoms with Crippen molar-refractivity contribution < 1.29 is 14.7 Å². The molecule has 2 heterocycles. The summed E-state index contributed by atoms with van der Waals surface area (Å²) in [5.41, 5.74) is 1.15. The number of nitrogens with one attached hydrogen (secondary N) is 1. The number of carbonyl (C=O) groups excluding carboxylic acids is 1. The van der Waals surface area contributed by atoms with E-state index < -0.39 is 11.9 Å². The Morgan fingerprint density at radius 2 is 2.14 bits per heavy atom. The van der Waals surface area contributed by atoms with Gasteiger partial charge in [0, 0.05) is 12.7 Å². The lowest BCUT2D eigenvalue weighted by molar-refractivity contribution is -0.142. The first kappa shape index (κ1) is 15.0. The van der Waals surface area contributed by atoms with Crippen LogP contribution < -0.4 is 5.32 Å². The number of rotatable bonds is 6. The molecule has 0 spiro atoms. The highest BCUT2D eigenvalue weighted by molar-refractivity contribution is 6.00. The minimum Gasteiger partial charge on any atom is -0.481 e. The molecule has 1 atom stereocenters. The highest BCUT2D eigenvalue weighted by atomic mass is 16.4. The first-order valence-electron chi connectivity index (χ1n) is 6.92.